The molecule has 0 aliphatic carbocycles. The van der Waals surface area contributed by atoms with Gasteiger partial charge in [-0.3, -0.25) is 0 Å². The van der Waals surface area contributed by atoms with Crippen molar-refractivity contribution in [2.75, 3.05) is 6.16 Å². The van der Waals surface area contributed by atoms with Crippen LogP contribution in [0.4, 0.5) is 0 Å². The number of hydrogen-bond acceptors (Lipinski definition) is 0. The van der Waals surface area contributed by atoms with Crippen molar-refractivity contribution in [2.45, 2.75) is 13.8 Å². The second-order valence-corrected chi connectivity index (χ2v) is 13.3. The molecule has 0 saturated carbocycles. The van der Waals surface area contributed by atoms with Gasteiger partial charge in [-0.15, -0.1) is 0 Å². The zero-order chi connectivity index (χ0) is 17.1. The second-order valence-electron chi connectivity index (χ2n) is 6.77. The molecule has 0 saturated heterocycles. The number of rotatable bonds is 5. The van der Waals surface area contributed by atoms with E-state index in [9.17, 15) is 0 Å². The molecule has 0 radical (unpaired) electrons. The minimum atomic E-state index is -3.02. The normalized spacial score (nSPS) is 13.4. The van der Waals surface area contributed by atoms with Crippen LogP contribution in [0.25, 0.3) is 0 Å². The maximum atomic E-state index is 7.90. The van der Waals surface area contributed by atoms with Gasteiger partial charge >= 0.3 is 150 Å². The van der Waals surface area contributed by atoms with Crippen molar-refractivity contribution < 1.29 is 0 Å². The summed E-state index contributed by atoms with van der Waals surface area (Å²) in [7, 11) is 0. The molecule has 24 heavy (non-hydrogen) atoms. The average molecular weight is 355 g/mol. The second kappa shape index (κ2) is 6.71. The first-order valence-electron chi connectivity index (χ1n) is 8.45. The van der Waals surface area contributed by atoms with Crippen LogP contribution in [-0.2, 0) is 0 Å². The van der Waals surface area contributed by atoms with E-state index in [4.69, 9.17) is 11.2 Å². The van der Waals surface area contributed by atoms with Gasteiger partial charge in [0.05, 0.1) is 0 Å². The van der Waals surface area contributed by atoms with E-state index in [0.717, 1.165) is 6.16 Å². The predicted octanol–water partition coefficient (Wildman–Crippen LogP) is 5.33. The Morgan fingerprint density at radius 2 is 0.917 bits per heavy atom. The Morgan fingerprint density at radius 1 is 0.625 bits per heavy atom. The molecule has 3 rings (SSSR count). The van der Waals surface area contributed by atoms with E-state index in [2.05, 4.69) is 105 Å². The molecular formula is C22H24ClP. The summed E-state index contributed by atoms with van der Waals surface area (Å²) in [6.07, 6.45) is 0.950. The molecule has 0 nitrogen and oxygen atoms in total. The molecule has 3 aromatic carbocycles. The van der Waals surface area contributed by atoms with Crippen LogP contribution >= 0.6 is 17.2 Å². The summed E-state index contributed by atoms with van der Waals surface area (Å²) in [5.74, 6) is -2.54. The van der Waals surface area contributed by atoms with Gasteiger partial charge in [-0.05, 0) is 0 Å². The van der Waals surface area contributed by atoms with Crippen molar-refractivity contribution in [3.8, 4) is 0 Å². The van der Waals surface area contributed by atoms with Crippen molar-refractivity contribution in [2.24, 2.45) is 5.92 Å². The van der Waals surface area contributed by atoms with Crippen LogP contribution in [0.5, 0.6) is 0 Å². The molecule has 0 fully saturated rings. The molecular weight excluding hydrogens is 331 g/mol. The van der Waals surface area contributed by atoms with Crippen LogP contribution in [-0.4, -0.2) is 6.16 Å². The summed E-state index contributed by atoms with van der Waals surface area (Å²) in [4.78, 5) is 0. The van der Waals surface area contributed by atoms with Gasteiger partial charge in [0, 0.05) is 0 Å². The van der Waals surface area contributed by atoms with E-state index in [1.54, 1.807) is 0 Å². The summed E-state index contributed by atoms with van der Waals surface area (Å²) >= 11 is 7.90. The zero-order valence-electron chi connectivity index (χ0n) is 14.3. The van der Waals surface area contributed by atoms with Crippen LogP contribution in [0.2, 0.25) is 0 Å². The maximum absolute atomic E-state index is 7.90. The van der Waals surface area contributed by atoms with Gasteiger partial charge in [-0.1, -0.05) is 0 Å². The van der Waals surface area contributed by atoms with Crippen LogP contribution in [0.1, 0.15) is 13.8 Å². The van der Waals surface area contributed by atoms with Crippen molar-refractivity contribution in [3.05, 3.63) is 91.0 Å². The Labute approximate surface area is 150 Å². The fraction of sp³-hybridized carbons (Fsp3) is 0.182. The van der Waals surface area contributed by atoms with Gasteiger partial charge in [0.1, 0.15) is 0 Å². The summed E-state index contributed by atoms with van der Waals surface area (Å²) in [6.45, 7) is 4.53. The third kappa shape index (κ3) is 2.79. The van der Waals surface area contributed by atoms with Crippen molar-refractivity contribution >= 4 is 33.1 Å². The van der Waals surface area contributed by atoms with E-state index >= 15 is 0 Å². The number of halogens is 1. The van der Waals surface area contributed by atoms with Crippen molar-refractivity contribution in [1.82, 2.24) is 0 Å². The Bertz CT molecular complexity index is 683. The Morgan fingerprint density at radius 3 is 1.17 bits per heavy atom. The van der Waals surface area contributed by atoms with E-state index in [1.165, 1.54) is 15.9 Å². The monoisotopic (exact) mass is 354 g/mol. The molecule has 0 atom stereocenters. The van der Waals surface area contributed by atoms with E-state index < -0.39 is 5.96 Å². The van der Waals surface area contributed by atoms with Gasteiger partial charge in [-0.25, -0.2) is 0 Å². The Kier molecular flexibility index (Phi) is 4.81. The van der Waals surface area contributed by atoms with Gasteiger partial charge < -0.3 is 0 Å². The summed E-state index contributed by atoms with van der Waals surface area (Å²) in [5, 5.41) is 3.74. The first-order valence-corrected chi connectivity index (χ1v) is 11.8. The van der Waals surface area contributed by atoms with E-state index in [-0.39, 0.29) is 0 Å². The van der Waals surface area contributed by atoms with Crippen LogP contribution in [0.15, 0.2) is 91.0 Å². The molecule has 0 heterocycles. The first-order chi connectivity index (χ1) is 11.6. The summed E-state index contributed by atoms with van der Waals surface area (Å²) < 4.78 is 0. The number of hydrogen-bond donors (Lipinski definition) is 0. The number of benzene rings is 3. The molecule has 0 unspecified atom stereocenters. The zero-order valence-corrected chi connectivity index (χ0v) is 15.9. The minimum absolute atomic E-state index is 0.487. The first kappa shape index (κ1) is 17.2. The Hall–Kier alpha value is -1.62. The van der Waals surface area contributed by atoms with E-state index in [1.807, 2.05) is 0 Å². The van der Waals surface area contributed by atoms with Crippen LogP contribution in [0, 0.1) is 5.92 Å². The molecule has 0 spiro atoms. The fourth-order valence-electron chi connectivity index (χ4n) is 3.67. The molecule has 0 aliphatic heterocycles. The summed E-state index contributed by atoms with van der Waals surface area (Å²) in [5.41, 5.74) is 0. The SMILES string of the molecule is CC(C)CP(Cl)(c1ccccc1)(c1ccccc1)c1ccccc1. The van der Waals surface area contributed by atoms with Gasteiger partial charge in [-0.2, -0.15) is 0 Å². The van der Waals surface area contributed by atoms with Crippen LogP contribution in [0.3, 0.4) is 0 Å². The molecule has 0 N–H and O–H groups in total. The van der Waals surface area contributed by atoms with Crippen LogP contribution < -0.4 is 15.9 Å². The molecule has 0 amide bonds. The fourth-order valence-corrected chi connectivity index (χ4v) is 10.8. The average Bonchev–Trinajstić information content (AvgIpc) is 2.63. The molecule has 0 aliphatic rings. The van der Waals surface area contributed by atoms with Crippen molar-refractivity contribution in [3.63, 3.8) is 0 Å². The molecule has 3 aromatic rings. The quantitative estimate of drug-likeness (QED) is 0.543. The topological polar surface area (TPSA) is 0 Å². The third-order valence-corrected chi connectivity index (χ3v) is 12.3. The Balaban J connectivity index is 2.42. The van der Waals surface area contributed by atoms with Gasteiger partial charge in [0.15, 0.2) is 0 Å². The molecule has 2 heteroatoms. The van der Waals surface area contributed by atoms with E-state index in [0.29, 0.717) is 5.92 Å². The van der Waals surface area contributed by atoms with Gasteiger partial charge in [0.2, 0.25) is 0 Å². The molecule has 0 bridgehead atoms. The van der Waals surface area contributed by atoms with Gasteiger partial charge in [0.25, 0.3) is 0 Å². The predicted molar refractivity (Wildman–Crippen MR) is 111 cm³/mol. The summed E-state index contributed by atoms with van der Waals surface area (Å²) in [6, 6.07) is 32.0. The molecule has 0 aromatic heterocycles. The molecule has 124 valence electrons. The third-order valence-electron chi connectivity index (χ3n) is 4.59. The van der Waals surface area contributed by atoms with Crippen molar-refractivity contribution in [1.29, 1.82) is 0 Å². The standard InChI is InChI=1S/C22H24ClP/c1-19(2)18-24(23,20-12-6-3-7-13-20,21-14-8-4-9-15-21)22-16-10-5-11-17-22/h3-17,19H,18H2,1-2H3.